The standard InChI is InChI=1S/C13H22N2O/c1-9(10-6-7-10)15-12(16)8-14-13(15)11-4-2-3-5-11/h9-11,13-14H,2-8H2,1H3. The number of carbonyl (C=O) groups is 1. The first-order valence-corrected chi connectivity index (χ1v) is 6.82. The fourth-order valence-electron chi connectivity index (χ4n) is 3.49. The lowest BCUT2D eigenvalue weighted by Gasteiger charge is -2.34. The Hall–Kier alpha value is -0.570. The molecule has 1 aliphatic heterocycles. The van der Waals surface area contributed by atoms with Crippen LogP contribution in [-0.2, 0) is 4.79 Å². The molecular weight excluding hydrogens is 200 g/mol. The average molecular weight is 222 g/mol. The van der Waals surface area contributed by atoms with Crippen LogP contribution in [0.4, 0.5) is 0 Å². The number of hydrogen-bond acceptors (Lipinski definition) is 2. The number of nitrogens with one attached hydrogen (secondary N) is 1. The lowest BCUT2D eigenvalue weighted by molar-refractivity contribution is -0.131. The zero-order valence-corrected chi connectivity index (χ0v) is 10.1. The van der Waals surface area contributed by atoms with E-state index < -0.39 is 0 Å². The first kappa shape index (κ1) is 10.6. The van der Waals surface area contributed by atoms with Crippen LogP contribution in [0, 0.1) is 11.8 Å². The number of amides is 1. The Labute approximate surface area is 97.6 Å². The van der Waals surface area contributed by atoms with Crippen LogP contribution in [0.1, 0.15) is 45.4 Å². The third kappa shape index (κ3) is 1.75. The van der Waals surface area contributed by atoms with E-state index in [9.17, 15) is 4.79 Å². The average Bonchev–Trinajstić information content (AvgIpc) is 2.84. The summed E-state index contributed by atoms with van der Waals surface area (Å²) in [6, 6.07) is 0.466. The lowest BCUT2D eigenvalue weighted by atomic mass is 10.0. The highest BCUT2D eigenvalue weighted by molar-refractivity contribution is 5.81. The molecule has 1 N–H and O–H groups in total. The van der Waals surface area contributed by atoms with Gasteiger partial charge in [0, 0.05) is 6.04 Å². The fraction of sp³-hybridized carbons (Fsp3) is 0.923. The number of carbonyl (C=O) groups excluding carboxylic acids is 1. The molecule has 2 atom stereocenters. The van der Waals surface area contributed by atoms with Crippen molar-refractivity contribution in [2.24, 2.45) is 11.8 Å². The maximum atomic E-state index is 12.0. The summed E-state index contributed by atoms with van der Waals surface area (Å²) < 4.78 is 0. The van der Waals surface area contributed by atoms with Crippen LogP contribution in [0.3, 0.4) is 0 Å². The summed E-state index contributed by atoms with van der Waals surface area (Å²) in [7, 11) is 0. The van der Waals surface area contributed by atoms with Crippen LogP contribution < -0.4 is 5.32 Å². The van der Waals surface area contributed by atoms with E-state index in [-0.39, 0.29) is 0 Å². The third-order valence-corrected chi connectivity index (χ3v) is 4.64. The largest absolute Gasteiger partial charge is 0.323 e. The maximum Gasteiger partial charge on any atom is 0.238 e. The Morgan fingerprint density at radius 3 is 2.56 bits per heavy atom. The second kappa shape index (κ2) is 4.02. The summed E-state index contributed by atoms with van der Waals surface area (Å²) in [6.45, 7) is 2.81. The molecule has 3 rings (SSSR count). The van der Waals surface area contributed by atoms with Gasteiger partial charge in [-0.05, 0) is 44.4 Å². The summed E-state index contributed by atoms with van der Waals surface area (Å²) in [5.41, 5.74) is 0. The van der Waals surface area contributed by atoms with Crippen LogP contribution in [0.25, 0.3) is 0 Å². The summed E-state index contributed by atoms with van der Waals surface area (Å²) in [5, 5.41) is 3.44. The number of hydrogen-bond donors (Lipinski definition) is 1. The van der Waals surface area contributed by atoms with Gasteiger partial charge in [0.2, 0.25) is 5.91 Å². The highest BCUT2D eigenvalue weighted by atomic mass is 16.2. The predicted octanol–water partition coefficient (Wildman–Crippen LogP) is 1.73. The van der Waals surface area contributed by atoms with E-state index in [2.05, 4.69) is 17.1 Å². The first-order valence-electron chi connectivity index (χ1n) is 6.82. The van der Waals surface area contributed by atoms with Crippen LogP contribution in [0.5, 0.6) is 0 Å². The Bertz CT molecular complexity index is 282. The van der Waals surface area contributed by atoms with E-state index in [1.807, 2.05) is 0 Å². The molecule has 1 saturated heterocycles. The van der Waals surface area contributed by atoms with Gasteiger partial charge >= 0.3 is 0 Å². The van der Waals surface area contributed by atoms with Gasteiger partial charge in [-0.2, -0.15) is 0 Å². The van der Waals surface area contributed by atoms with Crippen LogP contribution in [0.15, 0.2) is 0 Å². The summed E-state index contributed by atoms with van der Waals surface area (Å²) in [4.78, 5) is 14.2. The molecule has 3 fully saturated rings. The molecule has 1 heterocycles. The topological polar surface area (TPSA) is 32.3 Å². The molecule has 3 aliphatic rings. The Morgan fingerprint density at radius 2 is 1.94 bits per heavy atom. The minimum atomic E-state index is 0.330. The van der Waals surface area contributed by atoms with Crippen molar-refractivity contribution in [3.05, 3.63) is 0 Å². The quantitative estimate of drug-likeness (QED) is 0.789. The monoisotopic (exact) mass is 222 g/mol. The molecule has 0 aromatic heterocycles. The molecule has 2 saturated carbocycles. The Balaban J connectivity index is 1.73. The summed E-state index contributed by atoms with van der Waals surface area (Å²) in [5.74, 6) is 1.83. The van der Waals surface area contributed by atoms with Gasteiger partial charge in [-0.1, -0.05) is 12.8 Å². The second-order valence-electron chi connectivity index (χ2n) is 5.75. The van der Waals surface area contributed by atoms with E-state index in [0.717, 1.165) is 5.92 Å². The van der Waals surface area contributed by atoms with Crippen molar-refractivity contribution in [1.82, 2.24) is 10.2 Å². The SMILES string of the molecule is CC(C1CC1)N1C(=O)CNC1C1CCCC1. The van der Waals surface area contributed by atoms with E-state index >= 15 is 0 Å². The molecule has 0 spiro atoms. The predicted molar refractivity (Wildman–Crippen MR) is 62.8 cm³/mol. The van der Waals surface area contributed by atoms with Crippen molar-refractivity contribution in [1.29, 1.82) is 0 Å². The maximum absolute atomic E-state index is 12.0. The first-order chi connectivity index (χ1) is 7.77. The Morgan fingerprint density at radius 1 is 1.25 bits per heavy atom. The minimum Gasteiger partial charge on any atom is -0.323 e. The smallest absolute Gasteiger partial charge is 0.238 e. The zero-order valence-electron chi connectivity index (χ0n) is 10.1. The number of rotatable bonds is 3. The van der Waals surface area contributed by atoms with Crippen LogP contribution >= 0.6 is 0 Å². The lowest BCUT2D eigenvalue weighted by Crippen LogP contribution is -2.47. The van der Waals surface area contributed by atoms with Crippen molar-refractivity contribution < 1.29 is 4.79 Å². The van der Waals surface area contributed by atoms with E-state index in [0.29, 0.717) is 30.6 Å². The molecule has 0 aromatic rings. The van der Waals surface area contributed by atoms with Gasteiger partial charge < -0.3 is 4.90 Å². The molecule has 3 nitrogen and oxygen atoms in total. The summed E-state index contributed by atoms with van der Waals surface area (Å²) >= 11 is 0. The molecule has 2 unspecified atom stereocenters. The molecule has 3 heteroatoms. The molecule has 2 aliphatic carbocycles. The highest BCUT2D eigenvalue weighted by Crippen LogP contribution is 2.39. The van der Waals surface area contributed by atoms with E-state index in [4.69, 9.17) is 0 Å². The minimum absolute atomic E-state index is 0.330. The zero-order chi connectivity index (χ0) is 11.1. The van der Waals surface area contributed by atoms with Crippen LogP contribution in [0.2, 0.25) is 0 Å². The van der Waals surface area contributed by atoms with Gasteiger partial charge in [0.25, 0.3) is 0 Å². The van der Waals surface area contributed by atoms with Crippen molar-refractivity contribution in [2.75, 3.05) is 6.54 Å². The molecule has 0 radical (unpaired) electrons. The molecule has 90 valence electrons. The molecule has 1 amide bonds. The molecule has 0 aromatic carbocycles. The number of nitrogens with zero attached hydrogens (tertiary/aromatic N) is 1. The second-order valence-corrected chi connectivity index (χ2v) is 5.75. The van der Waals surface area contributed by atoms with Gasteiger partial charge in [-0.25, -0.2) is 0 Å². The van der Waals surface area contributed by atoms with Gasteiger partial charge in [-0.3, -0.25) is 10.1 Å². The van der Waals surface area contributed by atoms with Gasteiger partial charge in [0.15, 0.2) is 0 Å². The van der Waals surface area contributed by atoms with Crippen LogP contribution in [-0.4, -0.2) is 29.6 Å². The molecule has 0 bridgehead atoms. The van der Waals surface area contributed by atoms with Gasteiger partial charge in [-0.15, -0.1) is 0 Å². The summed E-state index contributed by atoms with van der Waals surface area (Å²) in [6.07, 6.45) is 8.30. The highest BCUT2D eigenvalue weighted by Gasteiger charge is 2.43. The van der Waals surface area contributed by atoms with Gasteiger partial charge in [0.05, 0.1) is 12.7 Å². The third-order valence-electron chi connectivity index (χ3n) is 4.64. The molecular formula is C13H22N2O. The molecule has 16 heavy (non-hydrogen) atoms. The van der Waals surface area contributed by atoms with E-state index in [1.54, 1.807) is 0 Å². The van der Waals surface area contributed by atoms with Crippen molar-refractivity contribution in [3.63, 3.8) is 0 Å². The van der Waals surface area contributed by atoms with Gasteiger partial charge in [0.1, 0.15) is 0 Å². The fourth-order valence-corrected chi connectivity index (χ4v) is 3.49. The van der Waals surface area contributed by atoms with Crippen molar-refractivity contribution in [3.8, 4) is 0 Å². The van der Waals surface area contributed by atoms with Crippen molar-refractivity contribution in [2.45, 2.75) is 57.7 Å². The Kier molecular flexibility index (Phi) is 2.66. The van der Waals surface area contributed by atoms with Crippen molar-refractivity contribution >= 4 is 5.91 Å². The normalized spacial score (nSPS) is 33.7. The van der Waals surface area contributed by atoms with E-state index in [1.165, 1.54) is 38.5 Å².